The van der Waals surface area contributed by atoms with Crippen LogP contribution in [-0.2, 0) is 0 Å². The number of hydrogen-bond donors (Lipinski definition) is 2. The second-order valence-corrected chi connectivity index (χ2v) is 8.38. The Morgan fingerprint density at radius 3 is 2.40 bits per heavy atom. The Morgan fingerprint density at radius 2 is 1.77 bits per heavy atom. The Bertz CT molecular complexity index is 1250. The summed E-state index contributed by atoms with van der Waals surface area (Å²) in [6.45, 7) is 4.17. The number of piperazine rings is 1. The molecule has 1 aliphatic heterocycles. The first-order valence-electron chi connectivity index (χ1n) is 10.9. The lowest BCUT2D eigenvalue weighted by molar-refractivity contribution is -0.385. The average molecular weight is 494 g/mol. The molecule has 2 amide bonds. The number of thiocarbonyl (C=S) groups is 1. The Morgan fingerprint density at radius 1 is 1.06 bits per heavy atom. The molecule has 0 saturated carbocycles. The molecule has 0 atom stereocenters. The average Bonchev–Trinajstić information content (AvgIpc) is 3.39. The van der Waals surface area contributed by atoms with E-state index in [2.05, 4.69) is 15.5 Å². The second-order valence-electron chi connectivity index (χ2n) is 7.97. The number of nitro benzene ring substituents is 1. The van der Waals surface area contributed by atoms with Gasteiger partial charge in [-0.2, -0.15) is 0 Å². The lowest BCUT2D eigenvalue weighted by Gasteiger charge is -2.35. The van der Waals surface area contributed by atoms with Gasteiger partial charge >= 0.3 is 0 Å². The maximum absolute atomic E-state index is 12.4. The van der Waals surface area contributed by atoms with Crippen LogP contribution in [0.2, 0.25) is 0 Å². The van der Waals surface area contributed by atoms with Crippen molar-refractivity contribution in [3.8, 4) is 0 Å². The van der Waals surface area contributed by atoms with Crippen LogP contribution < -0.4 is 15.5 Å². The smallest absolute Gasteiger partial charge is 0.289 e. The van der Waals surface area contributed by atoms with Crippen LogP contribution in [0.1, 0.15) is 26.5 Å². The van der Waals surface area contributed by atoms with Crippen molar-refractivity contribution in [1.82, 2.24) is 10.2 Å². The molecular formula is C24H23N5O5S. The van der Waals surface area contributed by atoms with Gasteiger partial charge in [-0.15, -0.1) is 0 Å². The van der Waals surface area contributed by atoms with Crippen LogP contribution in [0.3, 0.4) is 0 Å². The summed E-state index contributed by atoms with van der Waals surface area (Å²) in [6.07, 6.45) is 1.49. The van der Waals surface area contributed by atoms with Gasteiger partial charge in [0.1, 0.15) is 0 Å². The van der Waals surface area contributed by atoms with Gasteiger partial charge < -0.3 is 19.5 Å². The van der Waals surface area contributed by atoms with Crippen molar-refractivity contribution in [2.75, 3.05) is 36.4 Å². The van der Waals surface area contributed by atoms with Gasteiger partial charge in [0, 0.05) is 54.7 Å². The van der Waals surface area contributed by atoms with Crippen molar-refractivity contribution in [3.05, 3.63) is 87.9 Å². The third-order valence-electron chi connectivity index (χ3n) is 5.68. The minimum atomic E-state index is -0.538. The number of carbonyl (C=O) groups excluding carboxylic acids is 2. The van der Waals surface area contributed by atoms with Crippen molar-refractivity contribution in [1.29, 1.82) is 0 Å². The summed E-state index contributed by atoms with van der Waals surface area (Å²) < 4.78 is 5.20. The number of rotatable bonds is 5. The first-order chi connectivity index (χ1) is 16.8. The van der Waals surface area contributed by atoms with Crippen molar-refractivity contribution in [3.63, 3.8) is 0 Å². The summed E-state index contributed by atoms with van der Waals surface area (Å²) in [7, 11) is 0. The van der Waals surface area contributed by atoms with E-state index >= 15 is 0 Å². The molecule has 11 heteroatoms. The highest BCUT2D eigenvalue weighted by molar-refractivity contribution is 7.80. The summed E-state index contributed by atoms with van der Waals surface area (Å²) in [5.41, 5.74) is 2.17. The number of hydrogen-bond acceptors (Lipinski definition) is 7. The predicted octanol–water partition coefficient (Wildman–Crippen LogP) is 3.59. The normalized spacial score (nSPS) is 13.3. The van der Waals surface area contributed by atoms with Crippen LogP contribution in [0.15, 0.2) is 65.3 Å². The monoisotopic (exact) mass is 493 g/mol. The maximum Gasteiger partial charge on any atom is 0.289 e. The minimum absolute atomic E-state index is 0.0797. The van der Waals surface area contributed by atoms with E-state index in [1.807, 2.05) is 24.3 Å². The molecular weight excluding hydrogens is 470 g/mol. The molecule has 1 fully saturated rings. The van der Waals surface area contributed by atoms with E-state index in [0.29, 0.717) is 43.2 Å². The van der Waals surface area contributed by atoms with Crippen molar-refractivity contribution < 1.29 is 18.9 Å². The molecule has 0 aliphatic carbocycles. The summed E-state index contributed by atoms with van der Waals surface area (Å²) >= 11 is 5.22. The molecule has 3 aromatic rings. The summed E-state index contributed by atoms with van der Waals surface area (Å²) in [4.78, 5) is 39.4. The van der Waals surface area contributed by atoms with E-state index in [0.717, 1.165) is 5.69 Å². The second kappa shape index (κ2) is 10.3. The zero-order chi connectivity index (χ0) is 24.9. The van der Waals surface area contributed by atoms with Gasteiger partial charge in [0.15, 0.2) is 10.9 Å². The third kappa shape index (κ3) is 5.64. The third-order valence-corrected chi connectivity index (χ3v) is 5.89. The highest BCUT2D eigenvalue weighted by atomic mass is 32.1. The lowest BCUT2D eigenvalue weighted by Crippen LogP contribution is -2.48. The van der Waals surface area contributed by atoms with Gasteiger partial charge in [0.05, 0.1) is 11.2 Å². The molecule has 0 spiro atoms. The summed E-state index contributed by atoms with van der Waals surface area (Å²) in [5, 5.41) is 16.7. The molecule has 180 valence electrons. The fourth-order valence-corrected chi connectivity index (χ4v) is 3.97. The van der Waals surface area contributed by atoms with Gasteiger partial charge in [0.25, 0.3) is 17.5 Å². The number of furan rings is 1. The van der Waals surface area contributed by atoms with Gasteiger partial charge in [-0.1, -0.05) is 6.07 Å². The van der Waals surface area contributed by atoms with Crippen LogP contribution in [0.4, 0.5) is 17.1 Å². The van der Waals surface area contributed by atoms with Gasteiger partial charge in [-0.3, -0.25) is 25.0 Å². The SMILES string of the molecule is Cc1ccc(C(=O)NC(=S)Nc2ccc(N3CCN(C(=O)c4ccco4)CC3)cc2)cc1[N+](=O)[O-]. The van der Waals surface area contributed by atoms with Crippen molar-refractivity contribution in [2.24, 2.45) is 0 Å². The Balaban J connectivity index is 1.29. The van der Waals surface area contributed by atoms with Crippen molar-refractivity contribution >= 4 is 46.2 Å². The molecule has 2 N–H and O–H groups in total. The van der Waals surface area contributed by atoms with Crippen molar-refractivity contribution in [2.45, 2.75) is 6.92 Å². The molecule has 0 radical (unpaired) electrons. The quantitative estimate of drug-likeness (QED) is 0.314. The fourth-order valence-electron chi connectivity index (χ4n) is 3.76. The Kier molecular flexibility index (Phi) is 7.06. The number of carbonyl (C=O) groups is 2. The van der Waals surface area contributed by atoms with E-state index in [1.54, 1.807) is 24.0 Å². The molecule has 2 aromatic carbocycles. The zero-order valence-electron chi connectivity index (χ0n) is 18.9. The van der Waals surface area contributed by atoms with E-state index in [1.165, 1.54) is 24.5 Å². The molecule has 0 unspecified atom stereocenters. The van der Waals surface area contributed by atoms with Gasteiger partial charge in [0.2, 0.25) is 0 Å². The van der Waals surface area contributed by atoms with Crippen LogP contribution in [0, 0.1) is 17.0 Å². The summed E-state index contributed by atoms with van der Waals surface area (Å²) in [6, 6.07) is 15.2. The molecule has 35 heavy (non-hydrogen) atoms. The summed E-state index contributed by atoms with van der Waals surface area (Å²) in [5.74, 6) is -0.299. The first kappa shape index (κ1) is 23.9. The molecule has 10 nitrogen and oxygen atoms in total. The molecule has 4 rings (SSSR count). The molecule has 1 saturated heterocycles. The highest BCUT2D eigenvalue weighted by Crippen LogP contribution is 2.21. The molecule has 1 aliphatic rings. The fraction of sp³-hybridized carbons (Fsp3) is 0.208. The molecule has 0 bridgehead atoms. The first-order valence-corrected chi connectivity index (χ1v) is 11.3. The van der Waals surface area contributed by atoms with Crippen LogP contribution in [0.25, 0.3) is 0 Å². The molecule has 2 heterocycles. The topological polar surface area (TPSA) is 121 Å². The largest absolute Gasteiger partial charge is 0.459 e. The predicted molar refractivity (Wildman–Crippen MR) is 135 cm³/mol. The number of nitro groups is 1. The zero-order valence-corrected chi connectivity index (χ0v) is 19.7. The standard InChI is InChI=1S/C24H23N5O5S/c1-16-4-5-17(15-20(16)29(32)33)22(30)26-24(35)25-18-6-8-19(9-7-18)27-10-12-28(13-11-27)23(31)21-3-2-14-34-21/h2-9,14-15H,10-13H2,1H3,(H2,25,26,30,35). The van der Waals surface area contributed by atoms with Crippen LogP contribution in [0.5, 0.6) is 0 Å². The van der Waals surface area contributed by atoms with E-state index < -0.39 is 10.8 Å². The Hall–Kier alpha value is -4.25. The maximum atomic E-state index is 12.4. The highest BCUT2D eigenvalue weighted by Gasteiger charge is 2.24. The molecule has 1 aromatic heterocycles. The number of nitrogens with zero attached hydrogens (tertiary/aromatic N) is 3. The van der Waals surface area contributed by atoms with E-state index in [-0.39, 0.29) is 22.3 Å². The number of aryl methyl sites for hydroxylation is 1. The van der Waals surface area contributed by atoms with Crippen LogP contribution in [-0.4, -0.2) is 52.9 Å². The number of benzene rings is 2. The minimum Gasteiger partial charge on any atom is -0.459 e. The Labute approximate surface area is 206 Å². The van der Waals surface area contributed by atoms with E-state index in [4.69, 9.17) is 16.6 Å². The number of anilines is 2. The van der Waals surface area contributed by atoms with Crippen LogP contribution >= 0.6 is 12.2 Å². The van der Waals surface area contributed by atoms with E-state index in [9.17, 15) is 19.7 Å². The van der Waals surface area contributed by atoms with Gasteiger partial charge in [-0.05, 0) is 61.6 Å². The number of amides is 2. The number of nitrogens with one attached hydrogen (secondary N) is 2. The lowest BCUT2D eigenvalue weighted by atomic mass is 10.1. The van der Waals surface area contributed by atoms with Gasteiger partial charge in [-0.25, -0.2) is 0 Å².